The molecule has 2 aromatic heterocycles. The highest BCUT2D eigenvalue weighted by Gasteiger charge is 2.38. The molecule has 1 atom stereocenters. The summed E-state index contributed by atoms with van der Waals surface area (Å²) in [5, 5.41) is 0. The molecule has 0 amide bonds. The molecule has 0 fully saturated rings. The van der Waals surface area contributed by atoms with Crippen LogP contribution in [0.15, 0.2) is 16.7 Å². The highest BCUT2D eigenvalue weighted by molar-refractivity contribution is 9.10. The molecule has 6 nitrogen and oxygen atoms in total. The summed E-state index contributed by atoms with van der Waals surface area (Å²) in [6, 6.07) is 1.39. The SMILES string of the molecule is CCN(Cn1c(C(F)(F)F)nc2cc(Br)cnc21)S(=O)[O-]. The Morgan fingerprint density at radius 3 is 2.71 bits per heavy atom. The molecular formula is C10H9BrF3N4O2S-. The number of halogens is 4. The first-order valence-electron chi connectivity index (χ1n) is 5.67. The van der Waals surface area contributed by atoms with E-state index in [0.29, 0.717) is 4.47 Å². The average Bonchev–Trinajstić information content (AvgIpc) is 2.73. The summed E-state index contributed by atoms with van der Waals surface area (Å²) in [6.07, 6.45) is -3.39. The van der Waals surface area contributed by atoms with Gasteiger partial charge in [0, 0.05) is 28.5 Å². The van der Waals surface area contributed by atoms with Crippen molar-refractivity contribution in [2.45, 2.75) is 19.8 Å². The molecule has 0 bridgehead atoms. The number of aromatic nitrogens is 3. The van der Waals surface area contributed by atoms with Crippen molar-refractivity contribution in [3.8, 4) is 0 Å². The second-order valence-corrected chi connectivity index (χ2v) is 5.88. The molecule has 2 heterocycles. The third-order valence-corrected chi connectivity index (χ3v) is 3.90. The molecule has 0 saturated heterocycles. The first kappa shape index (κ1) is 16.3. The minimum Gasteiger partial charge on any atom is -0.760 e. The van der Waals surface area contributed by atoms with E-state index in [1.54, 1.807) is 0 Å². The fourth-order valence-electron chi connectivity index (χ4n) is 1.75. The third kappa shape index (κ3) is 3.42. The van der Waals surface area contributed by atoms with Crippen LogP contribution in [-0.2, 0) is 24.1 Å². The van der Waals surface area contributed by atoms with Gasteiger partial charge in [0.1, 0.15) is 5.52 Å². The van der Waals surface area contributed by atoms with E-state index in [1.807, 2.05) is 0 Å². The molecule has 2 aromatic rings. The highest BCUT2D eigenvalue weighted by atomic mass is 79.9. The van der Waals surface area contributed by atoms with Crippen molar-refractivity contribution in [3.63, 3.8) is 0 Å². The van der Waals surface area contributed by atoms with Crippen LogP contribution in [0.1, 0.15) is 12.7 Å². The van der Waals surface area contributed by atoms with Gasteiger partial charge in [0.15, 0.2) is 5.65 Å². The molecule has 116 valence electrons. The Bertz CT molecular complexity index is 691. The van der Waals surface area contributed by atoms with E-state index < -0.39 is 29.9 Å². The highest BCUT2D eigenvalue weighted by Crippen LogP contribution is 2.31. The smallest absolute Gasteiger partial charge is 0.449 e. The average molecular weight is 386 g/mol. The second-order valence-electron chi connectivity index (χ2n) is 4.01. The van der Waals surface area contributed by atoms with Crippen molar-refractivity contribution in [1.82, 2.24) is 18.8 Å². The van der Waals surface area contributed by atoms with Gasteiger partial charge in [0.05, 0.1) is 6.67 Å². The summed E-state index contributed by atoms with van der Waals surface area (Å²) in [4.78, 5) is 7.40. The monoisotopic (exact) mass is 385 g/mol. The van der Waals surface area contributed by atoms with Crippen LogP contribution < -0.4 is 0 Å². The minimum absolute atomic E-state index is 0.0314. The Morgan fingerprint density at radius 1 is 1.52 bits per heavy atom. The lowest BCUT2D eigenvalue weighted by Gasteiger charge is -2.24. The van der Waals surface area contributed by atoms with Gasteiger partial charge in [0.2, 0.25) is 5.82 Å². The molecule has 21 heavy (non-hydrogen) atoms. The molecule has 0 aromatic carbocycles. The number of nitrogens with zero attached hydrogens (tertiary/aromatic N) is 4. The molecule has 0 aliphatic carbocycles. The van der Waals surface area contributed by atoms with E-state index in [4.69, 9.17) is 0 Å². The van der Waals surface area contributed by atoms with Crippen molar-refractivity contribution in [2.24, 2.45) is 0 Å². The van der Waals surface area contributed by atoms with Crippen LogP contribution in [0.3, 0.4) is 0 Å². The molecule has 0 radical (unpaired) electrons. The summed E-state index contributed by atoms with van der Waals surface area (Å²) in [7, 11) is 0. The van der Waals surface area contributed by atoms with Gasteiger partial charge in [0.25, 0.3) is 0 Å². The minimum atomic E-state index is -4.71. The maximum absolute atomic E-state index is 13.0. The zero-order valence-corrected chi connectivity index (χ0v) is 13.0. The van der Waals surface area contributed by atoms with E-state index in [1.165, 1.54) is 19.2 Å². The fourth-order valence-corrected chi connectivity index (χ4v) is 2.49. The number of fused-ring (bicyclic) bond motifs is 1. The van der Waals surface area contributed by atoms with Crippen LogP contribution in [0, 0.1) is 0 Å². The number of rotatable bonds is 4. The molecule has 2 rings (SSSR count). The predicted molar refractivity (Wildman–Crippen MR) is 71.5 cm³/mol. The molecule has 11 heteroatoms. The molecule has 1 unspecified atom stereocenters. The molecule has 0 spiro atoms. The summed E-state index contributed by atoms with van der Waals surface area (Å²) >= 11 is 0.462. The number of pyridine rings is 1. The standard InChI is InChI=1S/C10H10BrF3N4O2S/c1-2-17(21(19)20)5-18-8-7(3-6(11)4-15-8)16-9(18)10(12,13)14/h3-4H,2,5H2,1H3,(H,19,20)/p-1. The molecule has 0 N–H and O–H groups in total. The third-order valence-electron chi connectivity index (χ3n) is 2.67. The summed E-state index contributed by atoms with van der Waals surface area (Å²) in [6.45, 7) is 1.04. The lowest BCUT2D eigenvalue weighted by molar-refractivity contribution is -0.147. The van der Waals surface area contributed by atoms with Crippen LogP contribution in [0.4, 0.5) is 13.2 Å². The fraction of sp³-hybridized carbons (Fsp3) is 0.400. The van der Waals surface area contributed by atoms with E-state index >= 15 is 0 Å². The molecule has 0 aliphatic heterocycles. The molecular weight excluding hydrogens is 377 g/mol. The zero-order chi connectivity index (χ0) is 15.8. The first-order valence-corrected chi connectivity index (χ1v) is 7.49. The second kappa shape index (κ2) is 5.99. The van der Waals surface area contributed by atoms with Gasteiger partial charge in [-0.05, 0) is 22.0 Å². The van der Waals surface area contributed by atoms with Crippen molar-refractivity contribution in [3.05, 3.63) is 22.6 Å². The van der Waals surface area contributed by atoms with E-state index in [2.05, 4.69) is 25.9 Å². The molecule has 0 aliphatic rings. The van der Waals surface area contributed by atoms with Gasteiger partial charge in [-0.25, -0.2) is 14.3 Å². The van der Waals surface area contributed by atoms with Gasteiger partial charge < -0.3 is 4.55 Å². The van der Waals surface area contributed by atoms with E-state index in [-0.39, 0.29) is 17.7 Å². The summed E-state index contributed by atoms with van der Waals surface area (Å²) in [5.41, 5.74) is -0.00106. The van der Waals surface area contributed by atoms with Gasteiger partial charge in [-0.2, -0.15) is 13.2 Å². The normalized spacial score (nSPS) is 14.0. The first-order chi connectivity index (χ1) is 9.74. The maximum Gasteiger partial charge on any atom is 0.449 e. The van der Waals surface area contributed by atoms with Crippen molar-refractivity contribution in [1.29, 1.82) is 0 Å². The van der Waals surface area contributed by atoms with Gasteiger partial charge in [-0.3, -0.25) is 8.78 Å². The zero-order valence-electron chi connectivity index (χ0n) is 10.6. The van der Waals surface area contributed by atoms with E-state index in [9.17, 15) is 21.9 Å². The summed E-state index contributed by atoms with van der Waals surface area (Å²) < 4.78 is 63.2. The Morgan fingerprint density at radius 2 is 2.19 bits per heavy atom. The van der Waals surface area contributed by atoms with Crippen molar-refractivity contribution in [2.75, 3.05) is 6.54 Å². The lowest BCUT2D eigenvalue weighted by atomic mass is 10.4. The number of imidazole rings is 1. The lowest BCUT2D eigenvalue weighted by Crippen LogP contribution is -2.30. The largest absolute Gasteiger partial charge is 0.760 e. The Kier molecular flexibility index (Phi) is 4.66. The van der Waals surface area contributed by atoms with Gasteiger partial charge >= 0.3 is 6.18 Å². The van der Waals surface area contributed by atoms with Crippen molar-refractivity contribution < 1.29 is 21.9 Å². The number of hydrogen-bond acceptors (Lipinski definition) is 4. The van der Waals surface area contributed by atoms with Crippen LogP contribution in [0.25, 0.3) is 11.2 Å². The van der Waals surface area contributed by atoms with E-state index in [0.717, 1.165) is 8.87 Å². The Balaban J connectivity index is 2.60. The van der Waals surface area contributed by atoms with Crippen molar-refractivity contribution >= 4 is 38.4 Å². The van der Waals surface area contributed by atoms with Crippen LogP contribution >= 0.6 is 15.9 Å². The van der Waals surface area contributed by atoms with Crippen LogP contribution in [0.5, 0.6) is 0 Å². The Hall–Kier alpha value is -1.04. The topological polar surface area (TPSA) is 74.1 Å². The number of hydrogen-bond donors (Lipinski definition) is 0. The molecule has 0 saturated carbocycles. The quantitative estimate of drug-likeness (QED) is 0.756. The van der Waals surface area contributed by atoms with Crippen LogP contribution in [0.2, 0.25) is 0 Å². The Labute approximate surface area is 128 Å². The summed E-state index contributed by atoms with van der Waals surface area (Å²) in [5.74, 6) is -1.19. The number of alkyl halides is 3. The maximum atomic E-state index is 13.0. The van der Waals surface area contributed by atoms with Crippen LogP contribution in [-0.4, -0.2) is 34.1 Å². The predicted octanol–water partition coefficient (Wildman–Crippen LogP) is 2.29. The van der Waals surface area contributed by atoms with Gasteiger partial charge in [-0.15, -0.1) is 0 Å². The van der Waals surface area contributed by atoms with Gasteiger partial charge in [-0.1, -0.05) is 6.92 Å².